The fraction of sp³-hybridized carbons (Fsp3) is 0.333. The van der Waals surface area contributed by atoms with E-state index in [1.165, 1.54) is 0 Å². The Hall–Kier alpha value is -2.27. The van der Waals surface area contributed by atoms with Crippen molar-refractivity contribution in [2.45, 2.75) is 31.7 Å². The second-order valence-corrected chi connectivity index (χ2v) is 6.59. The van der Waals surface area contributed by atoms with E-state index >= 15 is 0 Å². The van der Waals surface area contributed by atoms with Crippen LogP contribution in [0.25, 0.3) is 21.8 Å². The Labute approximate surface area is 143 Å². The fourth-order valence-electron chi connectivity index (χ4n) is 3.98. The Morgan fingerprint density at radius 1 is 1.21 bits per heavy atom. The number of hydrogen-bond acceptors (Lipinski definition) is 2. The highest BCUT2D eigenvalue weighted by molar-refractivity contribution is 6.24. The summed E-state index contributed by atoms with van der Waals surface area (Å²) in [5.41, 5.74) is 2.07. The summed E-state index contributed by atoms with van der Waals surface area (Å²) in [7, 11) is 1.76. The number of halogens is 1. The lowest BCUT2D eigenvalue weighted by atomic mass is 10.1. The van der Waals surface area contributed by atoms with Crippen LogP contribution in [0.2, 0.25) is 0 Å². The largest absolute Gasteiger partial charge is 0.333 e. The smallest absolute Gasteiger partial charge is 0.282 e. The first-order chi connectivity index (χ1) is 11.6. The molecule has 0 saturated heterocycles. The molecule has 5 nitrogen and oxygen atoms in total. The number of aryl methyl sites for hydroxylation is 1. The second kappa shape index (κ2) is 5.67. The molecule has 2 aromatic heterocycles. The van der Waals surface area contributed by atoms with Crippen LogP contribution in [-0.2, 0) is 7.05 Å². The van der Waals surface area contributed by atoms with Crippen LogP contribution in [0.4, 0.5) is 0 Å². The Morgan fingerprint density at radius 2 is 1.92 bits per heavy atom. The molecule has 1 fully saturated rings. The molecule has 0 atom stereocenters. The maximum Gasteiger partial charge on any atom is 0.282 e. The van der Waals surface area contributed by atoms with Gasteiger partial charge < -0.3 is 9.13 Å². The van der Waals surface area contributed by atoms with Gasteiger partial charge in [-0.15, -0.1) is 0 Å². The first kappa shape index (κ1) is 15.3. The molecule has 1 saturated carbocycles. The molecular formula is C18H18ClN3O2. The van der Waals surface area contributed by atoms with Crippen molar-refractivity contribution in [3.05, 3.63) is 46.4 Å². The summed E-state index contributed by atoms with van der Waals surface area (Å²) >= 11 is 5.59. The highest BCUT2D eigenvalue weighted by Gasteiger charge is 2.27. The number of aromatic nitrogens is 2. The molecule has 6 heteroatoms. The lowest BCUT2D eigenvalue weighted by Gasteiger charge is -2.18. The number of nitrogens with zero attached hydrogens (tertiary/aromatic N) is 2. The van der Waals surface area contributed by atoms with Crippen molar-refractivity contribution in [3.8, 4) is 0 Å². The summed E-state index contributed by atoms with van der Waals surface area (Å²) in [5.74, 6) is -0.370. The molecule has 0 bridgehead atoms. The molecule has 0 radical (unpaired) electrons. The van der Waals surface area contributed by atoms with Crippen molar-refractivity contribution in [3.63, 3.8) is 0 Å². The third-order valence-corrected chi connectivity index (χ3v) is 5.27. The monoisotopic (exact) mass is 343 g/mol. The van der Waals surface area contributed by atoms with E-state index in [0.717, 1.165) is 42.1 Å². The number of benzene rings is 1. The van der Waals surface area contributed by atoms with Crippen LogP contribution in [0, 0.1) is 0 Å². The second-order valence-electron chi connectivity index (χ2n) is 6.41. The van der Waals surface area contributed by atoms with Crippen molar-refractivity contribution >= 4 is 39.5 Å². The molecular weight excluding hydrogens is 326 g/mol. The third kappa shape index (κ3) is 2.08. The van der Waals surface area contributed by atoms with Gasteiger partial charge in [0.25, 0.3) is 11.5 Å². The van der Waals surface area contributed by atoms with Gasteiger partial charge in [0, 0.05) is 30.3 Å². The lowest BCUT2D eigenvalue weighted by Crippen LogP contribution is -2.20. The van der Waals surface area contributed by atoms with Gasteiger partial charge in [0.2, 0.25) is 0 Å². The number of para-hydroxylation sites is 1. The summed E-state index contributed by atoms with van der Waals surface area (Å²) in [6.07, 6.45) is 4.29. The maximum atomic E-state index is 12.8. The number of amides is 1. The first-order valence-electron chi connectivity index (χ1n) is 8.17. The average Bonchev–Trinajstić information content (AvgIpc) is 3.26. The van der Waals surface area contributed by atoms with Gasteiger partial charge >= 0.3 is 0 Å². The molecule has 124 valence electrons. The molecule has 1 amide bonds. The molecule has 4 rings (SSSR count). The van der Waals surface area contributed by atoms with Crippen LogP contribution in [0.15, 0.2) is 35.1 Å². The summed E-state index contributed by atoms with van der Waals surface area (Å²) in [4.78, 5) is 27.3. The van der Waals surface area contributed by atoms with E-state index in [2.05, 4.69) is 4.84 Å². The number of nitrogens with one attached hydrogen (secondary N) is 1. The molecule has 3 aromatic rings. The third-order valence-electron chi connectivity index (χ3n) is 5.10. The van der Waals surface area contributed by atoms with E-state index in [0.29, 0.717) is 11.1 Å². The summed E-state index contributed by atoms with van der Waals surface area (Å²) < 4.78 is 3.67. The number of fused-ring (bicyclic) bond motifs is 3. The summed E-state index contributed by atoms with van der Waals surface area (Å²) in [5, 5.41) is 1.55. The zero-order chi connectivity index (χ0) is 16.8. The molecule has 2 heterocycles. The van der Waals surface area contributed by atoms with Crippen LogP contribution < -0.4 is 10.4 Å². The molecule has 1 aliphatic rings. The highest BCUT2D eigenvalue weighted by atomic mass is 35.5. The average molecular weight is 344 g/mol. The number of carbonyl (C=O) groups excluding carboxylic acids is 1. The Morgan fingerprint density at radius 3 is 2.62 bits per heavy atom. The fourth-order valence-corrected chi connectivity index (χ4v) is 4.08. The van der Waals surface area contributed by atoms with Gasteiger partial charge in [-0.2, -0.15) is 0 Å². The quantitative estimate of drug-likeness (QED) is 0.724. The number of hydrogen-bond donors (Lipinski definition) is 1. The van der Waals surface area contributed by atoms with Crippen molar-refractivity contribution in [2.75, 3.05) is 0 Å². The SMILES string of the molecule is Cn1c(=O)c2cc(C(=O)NCl)n(C3CCCC3)c2c2ccccc21. The topological polar surface area (TPSA) is 56.0 Å². The van der Waals surface area contributed by atoms with Gasteiger partial charge in [-0.3, -0.25) is 14.4 Å². The van der Waals surface area contributed by atoms with Crippen molar-refractivity contribution < 1.29 is 4.79 Å². The number of carbonyl (C=O) groups is 1. The van der Waals surface area contributed by atoms with Gasteiger partial charge in [-0.1, -0.05) is 31.0 Å². The van der Waals surface area contributed by atoms with Gasteiger partial charge in [0.05, 0.1) is 16.4 Å². The van der Waals surface area contributed by atoms with Crippen LogP contribution >= 0.6 is 11.8 Å². The standard InChI is InChI=1S/C18H18ClN3O2/c1-21-14-9-5-4-8-12(14)16-13(18(21)24)10-15(17(23)20-19)22(16)11-6-2-3-7-11/h4-5,8-11H,2-3,6-7H2,1H3,(H,20,23). The summed E-state index contributed by atoms with van der Waals surface area (Å²) in [6, 6.07) is 9.72. The first-order valence-corrected chi connectivity index (χ1v) is 8.55. The molecule has 1 aliphatic carbocycles. The normalized spacial score (nSPS) is 15.4. The van der Waals surface area contributed by atoms with Gasteiger partial charge in [0.15, 0.2) is 0 Å². The van der Waals surface area contributed by atoms with Crippen molar-refractivity contribution in [2.24, 2.45) is 7.05 Å². The highest BCUT2D eigenvalue weighted by Crippen LogP contribution is 2.36. The minimum atomic E-state index is -0.370. The minimum Gasteiger partial charge on any atom is -0.333 e. The van der Waals surface area contributed by atoms with Crippen LogP contribution in [0.3, 0.4) is 0 Å². The molecule has 0 aliphatic heterocycles. The zero-order valence-electron chi connectivity index (χ0n) is 13.4. The Bertz CT molecular complexity index is 1010. The predicted molar refractivity (Wildman–Crippen MR) is 95.5 cm³/mol. The van der Waals surface area contributed by atoms with E-state index in [1.54, 1.807) is 17.7 Å². The molecule has 1 aromatic carbocycles. The van der Waals surface area contributed by atoms with Crippen molar-refractivity contribution in [1.29, 1.82) is 0 Å². The van der Waals surface area contributed by atoms with E-state index < -0.39 is 0 Å². The number of rotatable bonds is 2. The van der Waals surface area contributed by atoms with Crippen LogP contribution in [0.1, 0.15) is 42.2 Å². The maximum absolute atomic E-state index is 12.8. The summed E-state index contributed by atoms with van der Waals surface area (Å²) in [6.45, 7) is 0. The van der Waals surface area contributed by atoms with Gasteiger partial charge in [0.1, 0.15) is 5.69 Å². The lowest BCUT2D eigenvalue weighted by molar-refractivity contribution is 0.0971. The van der Waals surface area contributed by atoms with Crippen molar-refractivity contribution in [1.82, 2.24) is 14.0 Å². The molecule has 24 heavy (non-hydrogen) atoms. The predicted octanol–water partition coefficient (Wildman–Crippen LogP) is 3.49. The van der Waals surface area contributed by atoms with E-state index in [-0.39, 0.29) is 17.5 Å². The van der Waals surface area contributed by atoms with E-state index in [1.807, 2.05) is 28.8 Å². The molecule has 0 spiro atoms. The Balaban J connectivity index is 2.20. The minimum absolute atomic E-state index is 0.0935. The van der Waals surface area contributed by atoms with Crippen LogP contribution in [-0.4, -0.2) is 15.0 Å². The van der Waals surface area contributed by atoms with Gasteiger partial charge in [-0.05, 0) is 25.0 Å². The zero-order valence-corrected chi connectivity index (χ0v) is 14.1. The number of pyridine rings is 1. The Kier molecular flexibility index (Phi) is 3.61. The van der Waals surface area contributed by atoms with E-state index in [9.17, 15) is 9.59 Å². The van der Waals surface area contributed by atoms with Gasteiger partial charge in [-0.25, -0.2) is 0 Å². The molecule has 1 N–H and O–H groups in total. The molecule has 0 unspecified atom stereocenters. The van der Waals surface area contributed by atoms with Crippen LogP contribution in [0.5, 0.6) is 0 Å². The van der Waals surface area contributed by atoms with E-state index in [4.69, 9.17) is 11.8 Å².